The van der Waals surface area contributed by atoms with E-state index in [1.165, 1.54) is 0 Å². The Hall–Kier alpha value is -0.140. The second-order valence-corrected chi connectivity index (χ2v) is 7.20. The summed E-state index contributed by atoms with van der Waals surface area (Å²) in [7, 11) is -3.38. The van der Waals surface area contributed by atoms with Crippen molar-refractivity contribution in [3.05, 3.63) is 28.7 Å². The van der Waals surface area contributed by atoms with E-state index in [1.54, 1.807) is 24.3 Å². The zero-order valence-corrected chi connectivity index (χ0v) is 13.7. The van der Waals surface area contributed by atoms with Crippen LogP contribution in [-0.4, -0.2) is 28.1 Å². The molecule has 4 nitrogen and oxygen atoms in total. The molecule has 1 aliphatic heterocycles. The molecule has 1 unspecified atom stereocenters. The maximum atomic E-state index is 12.0. The summed E-state index contributed by atoms with van der Waals surface area (Å²) in [5.41, 5.74) is 0. The van der Waals surface area contributed by atoms with Gasteiger partial charge in [-0.25, -0.2) is 13.1 Å². The van der Waals surface area contributed by atoms with E-state index < -0.39 is 10.0 Å². The monoisotopic (exact) mass is 368 g/mol. The first-order valence-corrected chi connectivity index (χ1v) is 8.31. The zero-order chi connectivity index (χ0) is 13.0. The van der Waals surface area contributed by atoms with E-state index in [4.69, 9.17) is 0 Å². The van der Waals surface area contributed by atoms with Gasteiger partial charge in [0.15, 0.2) is 0 Å². The molecule has 19 heavy (non-hydrogen) atoms. The largest absolute Gasteiger partial charge is 0.316 e. The SMILES string of the molecule is Cl.O=S(=O)(NCC1CCCNC1)c1ccc(Br)cc1. The molecule has 0 radical (unpaired) electrons. The molecule has 0 aliphatic carbocycles. The Balaban J connectivity index is 0.00000180. The van der Waals surface area contributed by atoms with Gasteiger partial charge in [0.2, 0.25) is 10.0 Å². The molecule has 0 aromatic heterocycles. The van der Waals surface area contributed by atoms with Crippen LogP contribution in [0.3, 0.4) is 0 Å². The highest BCUT2D eigenvalue weighted by Crippen LogP contribution is 2.15. The van der Waals surface area contributed by atoms with Gasteiger partial charge in [0.1, 0.15) is 0 Å². The van der Waals surface area contributed by atoms with Crippen molar-refractivity contribution in [2.45, 2.75) is 17.7 Å². The Bertz CT molecular complexity index is 487. The number of sulfonamides is 1. The molecule has 7 heteroatoms. The number of rotatable bonds is 4. The quantitative estimate of drug-likeness (QED) is 0.855. The predicted molar refractivity (Wildman–Crippen MR) is 82.2 cm³/mol. The van der Waals surface area contributed by atoms with Gasteiger partial charge in [0.05, 0.1) is 4.90 Å². The van der Waals surface area contributed by atoms with Crippen molar-refractivity contribution in [3.63, 3.8) is 0 Å². The molecule has 1 atom stereocenters. The molecule has 1 aromatic rings. The highest BCUT2D eigenvalue weighted by atomic mass is 79.9. The number of benzene rings is 1. The van der Waals surface area contributed by atoms with E-state index in [-0.39, 0.29) is 12.4 Å². The third-order valence-electron chi connectivity index (χ3n) is 3.08. The van der Waals surface area contributed by atoms with Crippen molar-refractivity contribution in [3.8, 4) is 0 Å². The van der Waals surface area contributed by atoms with E-state index >= 15 is 0 Å². The molecule has 0 bridgehead atoms. The molecule has 0 amide bonds. The van der Waals surface area contributed by atoms with E-state index in [0.29, 0.717) is 17.4 Å². The van der Waals surface area contributed by atoms with Crippen LogP contribution in [0.4, 0.5) is 0 Å². The minimum absolute atomic E-state index is 0. The number of halogens is 2. The number of hydrogen-bond donors (Lipinski definition) is 2. The van der Waals surface area contributed by atoms with Gasteiger partial charge in [0, 0.05) is 11.0 Å². The van der Waals surface area contributed by atoms with Crippen LogP contribution in [0.15, 0.2) is 33.6 Å². The van der Waals surface area contributed by atoms with Crippen LogP contribution >= 0.6 is 28.3 Å². The van der Waals surface area contributed by atoms with Gasteiger partial charge in [-0.2, -0.15) is 0 Å². The lowest BCUT2D eigenvalue weighted by Gasteiger charge is -2.22. The Morgan fingerprint density at radius 2 is 2.00 bits per heavy atom. The Labute approximate surface area is 128 Å². The van der Waals surface area contributed by atoms with Crippen molar-refractivity contribution in [1.82, 2.24) is 10.0 Å². The minimum Gasteiger partial charge on any atom is -0.316 e. The summed E-state index contributed by atoms with van der Waals surface area (Å²) < 4.78 is 27.6. The molecule has 1 aromatic carbocycles. The molecule has 108 valence electrons. The summed E-state index contributed by atoms with van der Waals surface area (Å²) in [6.07, 6.45) is 2.19. The van der Waals surface area contributed by atoms with Gasteiger partial charge in [0.25, 0.3) is 0 Å². The lowest BCUT2D eigenvalue weighted by Crippen LogP contribution is -2.38. The summed E-state index contributed by atoms with van der Waals surface area (Å²) >= 11 is 3.29. The molecule has 2 N–H and O–H groups in total. The van der Waals surface area contributed by atoms with E-state index in [1.807, 2.05) is 0 Å². The summed E-state index contributed by atoms with van der Waals surface area (Å²) in [5, 5.41) is 3.28. The fraction of sp³-hybridized carbons (Fsp3) is 0.500. The van der Waals surface area contributed by atoms with Gasteiger partial charge in [-0.3, -0.25) is 0 Å². The van der Waals surface area contributed by atoms with Gasteiger partial charge in [-0.1, -0.05) is 15.9 Å². The highest BCUT2D eigenvalue weighted by Gasteiger charge is 2.18. The lowest BCUT2D eigenvalue weighted by atomic mass is 10.0. The predicted octanol–water partition coefficient (Wildman–Crippen LogP) is 2.15. The fourth-order valence-electron chi connectivity index (χ4n) is 2.02. The van der Waals surface area contributed by atoms with E-state index in [9.17, 15) is 8.42 Å². The van der Waals surface area contributed by atoms with Crippen molar-refractivity contribution in [2.75, 3.05) is 19.6 Å². The van der Waals surface area contributed by atoms with E-state index in [0.717, 1.165) is 30.4 Å². The van der Waals surface area contributed by atoms with Crippen LogP contribution in [0, 0.1) is 5.92 Å². The molecule has 1 aliphatic rings. The summed E-state index contributed by atoms with van der Waals surface area (Å²) in [6.45, 7) is 2.43. The van der Waals surface area contributed by atoms with Gasteiger partial charge in [-0.15, -0.1) is 12.4 Å². The summed E-state index contributed by atoms with van der Waals surface area (Å²) in [6, 6.07) is 6.67. The Morgan fingerprint density at radius 1 is 1.32 bits per heavy atom. The molecule has 2 rings (SSSR count). The van der Waals surface area contributed by atoms with Crippen LogP contribution < -0.4 is 10.0 Å². The maximum Gasteiger partial charge on any atom is 0.240 e. The van der Waals surface area contributed by atoms with Crippen LogP contribution in [0.2, 0.25) is 0 Å². The minimum atomic E-state index is -3.38. The molecular weight excluding hydrogens is 352 g/mol. The molecule has 1 fully saturated rings. The topological polar surface area (TPSA) is 58.2 Å². The molecule has 0 spiro atoms. The number of piperidine rings is 1. The van der Waals surface area contributed by atoms with Crippen molar-refractivity contribution in [2.24, 2.45) is 5.92 Å². The standard InChI is InChI=1S/C12H17BrN2O2S.ClH/c13-11-3-5-12(6-4-11)18(16,17)15-9-10-2-1-7-14-8-10;/h3-6,10,14-15H,1-2,7-9H2;1H. The van der Waals surface area contributed by atoms with E-state index in [2.05, 4.69) is 26.0 Å². The van der Waals surface area contributed by atoms with Crippen LogP contribution in [-0.2, 0) is 10.0 Å². The second-order valence-electron chi connectivity index (χ2n) is 4.52. The first-order valence-electron chi connectivity index (χ1n) is 6.04. The zero-order valence-electron chi connectivity index (χ0n) is 10.4. The molecule has 1 saturated heterocycles. The first kappa shape index (κ1) is 16.9. The van der Waals surface area contributed by atoms with Crippen molar-refractivity contribution < 1.29 is 8.42 Å². The maximum absolute atomic E-state index is 12.0. The number of nitrogens with one attached hydrogen (secondary N) is 2. The normalized spacial score (nSPS) is 19.7. The molecule has 1 heterocycles. The molecule has 0 saturated carbocycles. The van der Waals surface area contributed by atoms with Crippen LogP contribution in [0.25, 0.3) is 0 Å². The Kier molecular flexibility index (Phi) is 6.76. The molecular formula is C12H18BrClN2O2S. The number of hydrogen-bond acceptors (Lipinski definition) is 3. The van der Waals surface area contributed by atoms with Crippen LogP contribution in [0.5, 0.6) is 0 Å². The second kappa shape index (κ2) is 7.59. The summed E-state index contributed by atoms with van der Waals surface area (Å²) in [5.74, 6) is 0.393. The van der Waals surface area contributed by atoms with Gasteiger partial charge in [-0.05, 0) is 56.1 Å². The smallest absolute Gasteiger partial charge is 0.240 e. The average molecular weight is 370 g/mol. The third-order valence-corrected chi connectivity index (χ3v) is 5.05. The Morgan fingerprint density at radius 3 is 2.58 bits per heavy atom. The van der Waals surface area contributed by atoms with Crippen molar-refractivity contribution in [1.29, 1.82) is 0 Å². The van der Waals surface area contributed by atoms with Gasteiger partial charge >= 0.3 is 0 Å². The highest BCUT2D eigenvalue weighted by molar-refractivity contribution is 9.10. The van der Waals surface area contributed by atoms with Gasteiger partial charge < -0.3 is 5.32 Å². The first-order chi connectivity index (χ1) is 8.58. The average Bonchev–Trinajstić information content (AvgIpc) is 2.38. The van der Waals surface area contributed by atoms with Crippen LogP contribution in [0.1, 0.15) is 12.8 Å². The fourth-order valence-corrected chi connectivity index (χ4v) is 3.40. The third kappa shape index (κ3) is 5.04. The summed E-state index contributed by atoms with van der Waals surface area (Å²) in [4.78, 5) is 0.314. The lowest BCUT2D eigenvalue weighted by molar-refractivity contribution is 0.376. The van der Waals surface area contributed by atoms with Crippen molar-refractivity contribution >= 4 is 38.4 Å².